The average molecular weight is 1060 g/mol. The molecule has 0 unspecified atom stereocenters. The lowest BCUT2D eigenvalue weighted by Crippen LogP contribution is -2.28. The van der Waals surface area contributed by atoms with Crippen LogP contribution in [0.2, 0.25) is 0 Å². The van der Waals surface area contributed by atoms with Crippen molar-refractivity contribution in [3.05, 3.63) is 378 Å². The molecule has 16 rings (SSSR count). The molecule has 13 aromatic carbocycles. The van der Waals surface area contributed by atoms with E-state index < -0.39 is 10.8 Å². The van der Waals surface area contributed by atoms with Gasteiger partial charge >= 0.3 is 0 Å². The Hall–Kier alpha value is -10.7. The third-order valence-electron chi connectivity index (χ3n) is 17.7. The molecule has 3 heteroatoms. The Bertz CT molecular complexity index is 4450. The molecule has 0 atom stereocenters. The second-order valence-corrected chi connectivity index (χ2v) is 21.9. The molecule has 0 aromatic heterocycles. The first kappa shape index (κ1) is 48.2. The third-order valence-corrected chi connectivity index (χ3v) is 17.7. The van der Waals surface area contributed by atoms with E-state index in [1.54, 1.807) is 0 Å². The molecule has 0 saturated carbocycles. The molecule has 0 fully saturated rings. The van der Waals surface area contributed by atoms with Crippen LogP contribution >= 0.6 is 0 Å². The maximum absolute atomic E-state index is 2.51. The molecule has 0 heterocycles. The Morgan fingerprint density at radius 1 is 0.181 bits per heavy atom. The van der Waals surface area contributed by atoms with Gasteiger partial charge < -0.3 is 14.7 Å². The number of rotatable bonds is 11. The molecule has 0 N–H and O–H groups in total. The number of hydrogen-bond acceptors (Lipinski definition) is 3. The fourth-order valence-corrected chi connectivity index (χ4v) is 14.5. The van der Waals surface area contributed by atoms with Crippen LogP contribution in [0.4, 0.5) is 51.2 Å². The molecule has 1 spiro atoms. The molecule has 83 heavy (non-hydrogen) atoms. The molecule has 390 valence electrons. The predicted octanol–water partition coefficient (Wildman–Crippen LogP) is 20.8. The molecule has 0 amide bonds. The van der Waals surface area contributed by atoms with Crippen LogP contribution in [-0.2, 0) is 10.8 Å². The van der Waals surface area contributed by atoms with Crippen molar-refractivity contribution in [1.82, 2.24) is 0 Å². The fraction of sp³-hybridized carbons (Fsp3) is 0.0250. The Morgan fingerprint density at radius 3 is 0.976 bits per heavy atom. The van der Waals surface area contributed by atoms with Gasteiger partial charge in [0.2, 0.25) is 0 Å². The quantitative estimate of drug-likeness (QED) is 0.128. The molecular weight excluding hydrogens is 1000 g/mol. The van der Waals surface area contributed by atoms with Crippen LogP contribution in [0.1, 0.15) is 44.5 Å². The zero-order chi connectivity index (χ0) is 54.9. The number of benzene rings is 13. The summed E-state index contributed by atoms with van der Waals surface area (Å²) in [4.78, 5) is 7.31. The summed E-state index contributed by atoms with van der Waals surface area (Å²) in [6.07, 6.45) is 0. The highest BCUT2D eigenvalue weighted by molar-refractivity contribution is 6.02. The van der Waals surface area contributed by atoms with Gasteiger partial charge in [0.05, 0.1) is 16.5 Å². The average Bonchev–Trinajstić information content (AvgIpc) is 1.86. The smallest absolute Gasteiger partial charge is 0.0726 e. The topological polar surface area (TPSA) is 9.72 Å². The SMILES string of the molecule is c1ccc(N(c2ccccc2)c2cccc(N(c3cccc(N(c4ccccc4)c4ccc5c(c4)-c4ccccc4C5(c4ccccc4)c4ccccc4)c3)c3cccc4c3-c3ccccc3C43c4ccccc4-c4ccccc43)c2)cc1. The Morgan fingerprint density at radius 2 is 0.494 bits per heavy atom. The highest BCUT2D eigenvalue weighted by atomic mass is 15.2. The van der Waals surface area contributed by atoms with Crippen LogP contribution in [0.15, 0.2) is 334 Å². The summed E-state index contributed by atoms with van der Waals surface area (Å²) >= 11 is 0. The molecule has 0 aliphatic heterocycles. The molecule has 3 aliphatic carbocycles. The minimum Gasteiger partial charge on any atom is -0.310 e. The summed E-state index contributed by atoms with van der Waals surface area (Å²) in [5.41, 5.74) is 26.4. The first-order chi connectivity index (χ1) is 41.2. The molecule has 3 nitrogen and oxygen atoms in total. The van der Waals surface area contributed by atoms with Crippen LogP contribution in [0.5, 0.6) is 0 Å². The summed E-state index contributed by atoms with van der Waals surface area (Å²) in [7, 11) is 0. The first-order valence-electron chi connectivity index (χ1n) is 28.8. The van der Waals surface area contributed by atoms with Crippen LogP contribution in [-0.4, -0.2) is 0 Å². The van der Waals surface area contributed by atoms with Gasteiger partial charge in [0.1, 0.15) is 0 Å². The molecule has 0 saturated heterocycles. The Kier molecular flexibility index (Phi) is 11.3. The summed E-state index contributed by atoms with van der Waals surface area (Å²) in [5, 5.41) is 0. The van der Waals surface area contributed by atoms with Gasteiger partial charge in [-0.05, 0) is 163 Å². The van der Waals surface area contributed by atoms with Crippen molar-refractivity contribution in [1.29, 1.82) is 0 Å². The fourth-order valence-electron chi connectivity index (χ4n) is 14.5. The second-order valence-electron chi connectivity index (χ2n) is 21.9. The number of fused-ring (bicyclic) bond motifs is 13. The van der Waals surface area contributed by atoms with Crippen molar-refractivity contribution in [2.75, 3.05) is 14.7 Å². The lowest BCUT2D eigenvalue weighted by Gasteiger charge is -2.34. The number of nitrogens with zero attached hydrogens (tertiary/aromatic N) is 3. The maximum atomic E-state index is 2.51. The van der Waals surface area contributed by atoms with Gasteiger partial charge in [-0.3, -0.25) is 0 Å². The lowest BCUT2D eigenvalue weighted by atomic mass is 9.68. The highest BCUT2D eigenvalue weighted by Gasteiger charge is 2.52. The van der Waals surface area contributed by atoms with E-state index in [0.717, 1.165) is 51.2 Å². The minimum absolute atomic E-state index is 0.508. The van der Waals surface area contributed by atoms with Gasteiger partial charge in [-0.25, -0.2) is 0 Å². The summed E-state index contributed by atoms with van der Waals surface area (Å²) in [5.74, 6) is 0. The molecule has 3 aliphatic rings. The van der Waals surface area contributed by atoms with Gasteiger partial charge in [-0.1, -0.05) is 243 Å². The van der Waals surface area contributed by atoms with Crippen molar-refractivity contribution in [3.8, 4) is 33.4 Å². The van der Waals surface area contributed by atoms with E-state index in [1.807, 2.05) is 0 Å². The van der Waals surface area contributed by atoms with Crippen molar-refractivity contribution >= 4 is 51.2 Å². The van der Waals surface area contributed by atoms with E-state index in [-0.39, 0.29) is 0 Å². The molecular formula is C80H55N3. The van der Waals surface area contributed by atoms with Gasteiger partial charge in [0, 0.05) is 51.1 Å². The Labute approximate surface area is 485 Å². The van der Waals surface area contributed by atoms with Crippen LogP contribution < -0.4 is 14.7 Å². The largest absolute Gasteiger partial charge is 0.310 e. The Balaban J connectivity index is 0.925. The van der Waals surface area contributed by atoms with E-state index in [9.17, 15) is 0 Å². The maximum Gasteiger partial charge on any atom is 0.0726 e. The number of para-hydroxylation sites is 3. The van der Waals surface area contributed by atoms with Gasteiger partial charge in [0.15, 0.2) is 0 Å². The van der Waals surface area contributed by atoms with Crippen LogP contribution in [0, 0.1) is 0 Å². The normalized spacial score (nSPS) is 13.3. The van der Waals surface area contributed by atoms with Crippen LogP contribution in [0.25, 0.3) is 33.4 Å². The van der Waals surface area contributed by atoms with Crippen molar-refractivity contribution < 1.29 is 0 Å². The monoisotopic (exact) mass is 1060 g/mol. The van der Waals surface area contributed by atoms with E-state index in [1.165, 1.54) is 77.9 Å². The lowest BCUT2D eigenvalue weighted by molar-refractivity contribution is 0.768. The van der Waals surface area contributed by atoms with Gasteiger partial charge in [0.25, 0.3) is 0 Å². The highest BCUT2D eigenvalue weighted by Crippen LogP contribution is 2.65. The third kappa shape index (κ3) is 7.31. The number of anilines is 9. The molecule has 13 aromatic rings. The molecule has 0 radical (unpaired) electrons. The second kappa shape index (κ2) is 19.5. The molecule has 0 bridgehead atoms. The van der Waals surface area contributed by atoms with Crippen molar-refractivity contribution in [2.24, 2.45) is 0 Å². The first-order valence-corrected chi connectivity index (χ1v) is 28.8. The van der Waals surface area contributed by atoms with Crippen LogP contribution in [0.3, 0.4) is 0 Å². The van der Waals surface area contributed by atoms with E-state index >= 15 is 0 Å². The summed E-state index contributed by atoms with van der Waals surface area (Å²) < 4.78 is 0. The van der Waals surface area contributed by atoms with Crippen molar-refractivity contribution in [2.45, 2.75) is 10.8 Å². The standard InChI is InChI=1S/C80H55N3/c1-6-27-56(28-7-1)79(57-29-8-2-9-30-57)71-45-20-18-43-68(71)70-55-65(51-52-75(70)79)82(60-35-14-5-15-36-60)62-38-25-40-64(54-62)83(63-39-24-37-61(53-63)81(58-31-10-3-11-32-58)59-33-12-4-13-34-59)77-50-26-49-76-78(77)69-44-19-23-48-74(69)80(76)72-46-21-16-41-66(72)67-42-17-22-47-73(67)80/h1-55H. The summed E-state index contributed by atoms with van der Waals surface area (Å²) in [6, 6.07) is 123. The van der Waals surface area contributed by atoms with E-state index in [2.05, 4.69) is 348 Å². The van der Waals surface area contributed by atoms with E-state index in [4.69, 9.17) is 0 Å². The van der Waals surface area contributed by atoms with Gasteiger partial charge in [-0.15, -0.1) is 0 Å². The van der Waals surface area contributed by atoms with Gasteiger partial charge in [-0.2, -0.15) is 0 Å². The summed E-state index contributed by atoms with van der Waals surface area (Å²) in [6.45, 7) is 0. The zero-order valence-corrected chi connectivity index (χ0v) is 45.6. The number of hydrogen-bond donors (Lipinski definition) is 0. The predicted molar refractivity (Wildman–Crippen MR) is 344 cm³/mol. The minimum atomic E-state index is -0.517. The van der Waals surface area contributed by atoms with E-state index in [0.29, 0.717) is 0 Å². The van der Waals surface area contributed by atoms with Crippen molar-refractivity contribution in [3.63, 3.8) is 0 Å². The zero-order valence-electron chi connectivity index (χ0n) is 45.6.